The highest BCUT2D eigenvalue weighted by molar-refractivity contribution is 7.56. The summed E-state index contributed by atoms with van der Waals surface area (Å²) < 4.78 is 37.1. The molecule has 3 aromatic rings. The number of nitrogens with one attached hydrogen (secondary N) is 1. The summed E-state index contributed by atoms with van der Waals surface area (Å²) in [7, 11) is -1.70. The molecule has 1 N–H and O–H groups in total. The summed E-state index contributed by atoms with van der Waals surface area (Å²) in [6, 6.07) is 24.5. The molecule has 0 bridgehead atoms. The lowest BCUT2D eigenvalue weighted by atomic mass is 9.93. The number of esters is 1. The van der Waals surface area contributed by atoms with Crippen LogP contribution >= 0.6 is 7.75 Å². The number of carbonyl (C=O) groups excluding carboxylic acids is 2. The van der Waals surface area contributed by atoms with E-state index in [0.717, 1.165) is 10.2 Å². The minimum atomic E-state index is -4.16. The summed E-state index contributed by atoms with van der Waals surface area (Å²) >= 11 is 0. The Balaban J connectivity index is 2.48. The second kappa shape index (κ2) is 14.9. The quantitative estimate of drug-likeness (QED) is 0.103. The molecule has 0 saturated heterocycles. The maximum atomic E-state index is 14.1. The first kappa shape index (κ1) is 33.4. The minimum Gasteiger partial charge on any atom is -0.461 e. The van der Waals surface area contributed by atoms with Gasteiger partial charge in [0.15, 0.2) is 5.70 Å². The fourth-order valence-corrected chi connectivity index (χ4v) is 5.42. The van der Waals surface area contributed by atoms with Gasteiger partial charge in [-0.1, -0.05) is 84.1 Å². The van der Waals surface area contributed by atoms with Crippen LogP contribution in [0, 0.1) is 6.92 Å². The summed E-state index contributed by atoms with van der Waals surface area (Å²) in [6.45, 7) is 8.91. The molecule has 10 heteroatoms. The number of amides is 1. The van der Waals surface area contributed by atoms with Crippen LogP contribution in [0.3, 0.4) is 0 Å². The number of carbonyl (C=O) groups is 2. The van der Waals surface area contributed by atoms with Gasteiger partial charge in [0.25, 0.3) is 0 Å². The van der Waals surface area contributed by atoms with E-state index in [1.807, 2.05) is 67.6 Å². The average molecular weight is 607 g/mol. The summed E-state index contributed by atoms with van der Waals surface area (Å²) in [6.07, 6.45) is -0.677. The van der Waals surface area contributed by atoms with Gasteiger partial charge < -0.3 is 14.8 Å². The van der Waals surface area contributed by atoms with E-state index < -0.39 is 31.5 Å². The molecule has 1 unspecified atom stereocenters. The van der Waals surface area contributed by atoms with E-state index in [9.17, 15) is 14.2 Å². The van der Waals surface area contributed by atoms with Crippen molar-refractivity contribution in [2.75, 3.05) is 25.5 Å². The van der Waals surface area contributed by atoms with Crippen molar-refractivity contribution in [1.82, 2.24) is 5.32 Å². The van der Waals surface area contributed by atoms with Crippen LogP contribution in [0.25, 0.3) is 5.57 Å². The van der Waals surface area contributed by atoms with Crippen molar-refractivity contribution in [3.8, 4) is 0 Å². The Morgan fingerprint density at radius 1 is 0.907 bits per heavy atom. The van der Waals surface area contributed by atoms with E-state index in [4.69, 9.17) is 18.5 Å². The fourth-order valence-electron chi connectivity index (χ4n) is 4.16. The molecule has 0 aliphatic carbocycles. The lowest BCUT2D eigenvalue weighted by molar-refractivity contribution is -0.138. The molecule has 9 nitrogen and oxygen atoms in total. The Kier molecular flexibility index (Phi) is 11.5. The van der Waals surface area contributed by atoms with Crippen LogP contribution < -0.4 is 9.99 Å². The van der Waals surface area contributed by atoms with Crippen LogP contribution in [-0.2, 0) is 27.9 Å². The number of nitrogens with zero attached hydrogens (tertiary/aromatic N) is 1. The molecule has 0 radical (unpaired) electrons. The molecule has 0 aromatic heterocycles. The first-order valence-corrected chi connectivity index (χ1v) is 15.3. The summed E-state index contributed by atoms with van der Waals surface area (Å²) in [5.41, 5.74) is 5.16. The van der Waals surface area contributed by atoms with Crippen molar-refractivity contribution in [3.05, 3.63) is 113 Å². The Labute approximate surface area is 253 Å². The highest BCUT2D eigenvalue weighted by atomic mass is 31.2. The van der Waals surface area contributed by atoms with Crippen molar-refractivity contribution in [2.45, 2.75) is 46.3 Å². The molecule has 0 fully saturated rings. The largest absolute Gasteiger partial charge is 0.461 e. The number of rotatable bonds is 11. The minimum absolute atomic E-state index is 0.0367. The highest BCUT2D eigenvalue weighted by Crippen LogP contribution is 2.55. The highest BCUT2D eigenvalue weighted by Gasteiger charge is 2.39. The van der Waals surface area contributed by atoms with E-state index in [0.29, 0.717) is 22.4 Å². The molecule has 0 spiro atoms. The molecule has 1 amide bonds. The Hall–Kier alpha value is -4.13. The van der Waals surface area contributed by atoms with Crippen molar-refractivity contribution >= 4 is 31.1 Å². The second-order valence-electron chi connectivity index (χ2n) is 10.4. The van der Waals surface area contributed by atoms with Crippen molar-refractivity contribution in [3.63, 3.8) is 0 Å². The van der Waals surface area contributed by atoms with Gasteiger partial charge in [-0.25, -0.2) is 18.8 Å². The molecule has 3 aromatic carbocycles. The monoisotopic (exact) mass is 606 g/mol. The van der Waals surface area contributed by atoms with Crippen LogP contribution in [0.15, 0.2) is 96.4 Å². The number of anilines is 1. The van der Waals surface area contributed by atoms with Gasteiger partial charge in [-0.3, -0.25) is 9.05 Å². The van der Waals surface area contributed by atoms with Crippen LogP contribution in [0.1, 0.15) is 50.4 Å². The zero-order valence-electron chi connectivity index (χ0n) is 25.6. The van der Waals surface area contributed by atoms with E-state index in [2.05, 4.69) is 11.0 Å². The van der Waals surface area contributed by atoms with Gasteiger partial charge in [0, 0.05) is 19.8 Å². The van der Waals surface area contributed by atoms with Crippen molar-refractivity contribution in [2.24, 2.45) is 0 Å². The van der Waals surface area contributed by atoms with Gasteiger partial charge in [0.1, 0.15) is 5.60 Å². The molecule has 0 aliphatic rings. The number of alkyl carbamates (subject to hydrolysis) is 1. The number of hydrogen-bond acceptors (Lipinski definition) is 7. The SMILES string of the molecule is CCOC(=O)C(=C=C(c1ccccc1)C(NC(=O)OC(C)(C)C)c1ccccc1)N(c1ccc(C)cc1)P(=O)(OC)OC. The smallest absolute Gasteiger partial charge is 0.439 e. The first-order chi connectivity index (χ1) is 20.4. The maximum absolute atomic E-state index is 14.1. The van der Waals surface area contributed by atoms with Gasteiger partial charge in [-0.15, -0.1) is 0 Å². The van der Waals surface area contributed by atoms with Crippen LogP contribution in [0.4, 0.5) is 10.5 Å². The fraction of sp³-hybridized carbons (Fsp3) is 0.303. The van der Waals surface area contributed by atoms with E-state index in [1.165, 1.54) is 14.2 Å². The lowest BCUT2D eigenvalue weighted by Gasteiger charge is -2.30. The molecule has 0 heterocycles. The normalized spacial score (nSPS) is 12.0. The van der Waals surface area contributed by atoms with Crippen molar-refractivity contribution in [1.29, 1.82) is 0 Å². The third-order valence-corrected chi connectivity index (χ3v) is 7.93. The summed E-state index contributed by atoms with van der Waals surface area (Å²) in [4.78, 5) is 26.9. The molecule has 43 heavy (non-hydrogen) atoms. The van der Waals surface area contributed by atoms with E-state index in [-0.39, 0.29) is 12.3 Å². The number of ether oxygens (including phenoxy) is 2. The summed E-state index contributed by atoms with van der Waals surface area (Å²) in [5.74, 6) is -0.824. The molecule has 3 rings (SSSR count). The Bertz CT molecular complexity index is 1490. The molecule has 1 atom stereocenters. The molecule has 0 aliphatic heterocycles. The van der Waals surface area contributed by atoms with Gasteiger partial charge in [0.2, 0.25) is 0 Å². The molecule has 228 valence electrons. The predicted molar refractivity (Wildman–Crippen MR) is 167 cm³/mol. The van der Waals surface area contributed by atoms with Gasteiger partial charge in [-0.05, 0) is 57.9 Å². The molecule has 0 saturated carbocycles. The second-order valence-corrected chi connectivity index (χ2v) is 12.5. The predicted octanol–water partition coefficient (Wildman–Crippen LogP) is 7.60. The van der Waals surface area contributed by atoms with Crippen LogP contribution in [-0.4, -0.2) is 38.5 Å². The zero-order chi connectivity index (χ0) is 31.6. The first-order valence-electron chi connectivity index (χ1n) is 13.8. The third-order valence-electron chi connectivity index (χ3n) is 6.09. The van der Waals surface area contributed by atoms with Gasteiger partial charge >= 0.3 is 19.8 Å². The van der Waals surface area contributed by atoms with Crippen molar-refractivity contribution < 1.29 is 32.7 Å². The van der Waals surface area contributed by atoms with E-state index >= 15 is 0 Å². The standard InChI is InChI=1S/C33H39N2O7P/c1-8-41-31(36)29(35(43(38,39-6)40-7)27-21-19-24(2)20-22-27)23-28(25-15-11-9-12-16-25)30(26-17-13-10-14-18-26)34-32(37)42-33(3,4)5/h9-22,30H,8H2,1-7H3,(H,34,37). The average Bonchev–Trinajstić information content (AvgIpc) is 2.99. The topological polar surface area (TPSA) is 103 Å². The van der Waals surface area contributed by atoms with Gasteiger partial charge in [0.05, 0.1) is 18.3 Å². The third kappa shape index (κ3) is 8.93. The Morgan fingerprint density at radius 3 is 1.98 bits per heavy atom. The zero-order valence-corrected chi connectivity index (χ0v) is 26.5. The maximum Gasteiger partial charge on any atom is 0.439 e. The molecular formula is C33H39N2O7P. The van der Waals surface area contributed by atoms with Gasteiger partial charge in [-0.2, -0.15) is 0 Å². The number of benzene rings is 3. The van der Waals surface area contributed by atoms with Crippen LogP contribution in [0.2, 0.25) is 0 Å². The lowest BCUT2D eigenvalue weighted by Crippen LogP contribution is -2.35. The van der Waals surface area contributed by atoms with Crippen LogP contribution in [0.5, 0.6) is 0 Å². The Morgan fingerprint density at radius 2 is 1.47 bits per heavy atom. The number of hydrogen-bond donors (Lipinski definition) is 1. The number of aryl methyl sites for hydroxylation is 1. The van der Waals surface area contributed by atoms with E-state index in [1.54, 1.807) is 52.0 Å². The summed E-state index contributed by atoms with van der Waals surface area (Å²) in [5, 5.41) is 2.94. The molecular weight excluding hydrogens is 567 g/mol.